The molecular formula is C9H11N3O2. The van der Waals surface area contributed by atoms with Crippen LogP contribution in [0.4, 0.5) is 0 Å². The first-order valence-corrected chi connectivity index (χ1v) is 4.36. The van der Waals surface area contributed by atoms with E-state index in [1.807, 2.05) is 12.1 Å². The maximum absolute atomic E-state index is 9.39. The summed E-state index contributed by atoms with van der Waals surface area (Å²) < 4.78 is 6.79. The molecule has 0 fully saturated rings. The van der Waals surface area contributed by atoms with Gasteiger partial charge >= 0.3 is 0 Å². The quantitative estimate of drug-likeness (QED) is 0.788. The molecule has 0 unspecified atom stereocenters. The molecule has 2 rings (SSSR count). The SMILES string of the molecule is C[C@@H](O)c1cnnn1Cc1ccco1. The Morgan fingerprint density at radius 2 is 2.50 bits per heavy atom. The Bertz CT molecular complexity index is 392. The van der Waals surface area contributed by atoms with E-state index in [9.17, 15) is 5.11 Å². The van der Waals surface area contributed by atoms with Gasteiger partial charge in [-0.25, -0.2) is 4.68 Å². The van der Waals surface area contributed by atoms with E-state index < -0.39 is 6.10 Å². The van der Waals surface area contributed by atoms with Crippen LogP contribution in [0.15, 0.2) is 29.0 Å². The Labute approximate surface area is 81.0 Å². The fraction of sp³-hybridized carbons (Fsp3) is 0.333. The van der Waals surface area contributed by atoms with E-state index in [4.69, 9.17) is 4.42 Å². The molecule has 0 saturated carbocycles. The Kier molecular flexibility index (Phi) is 2.32. The average Bonchev–Trinajstić information content (AvgIpc) is 2.75. The number of hydrogen-bond acceptors (Lipinski definition) is 4. The van der Waals surface area contributed by atoms with Gasteiger partial charge in [0.25, 0.3) is 0 Å². The highest BCUT2D eigenvalue weighted by molar-refractivity contribution is 5.03. The molecule has 0 aliphatic heterocycles. The Morgan fingerprint density at radius 3 is 3.14 bits per heavy atom. The minimum absolute atomic E-state index is 0.493. The summed E-state index contributed by atoms with van der Waals surface area (Å²) in [5.74, 6) is 0.789. The molecule has 0 aliphatic carbocycles. The van der Waals surface area contributed by atoms with Crippen LogP contribution < -0.4 is 0 Å². The number of aliphatic hydroxyl groups excluding tert-OH is 1. The Hall–Kier alpha value is -1.62. The fourth-order valence-electron chi connectivity index (χ4n) is 1.26. The molecule has 5 nitrogen and oxygen atoms in total. The summed E-state index contributed by atoms with van der Waals surface area (Å²) in [5.41, 5.74) is 0.682. The van der Waals surface area contributed by atoms with Crippen LogP contribution in [-0.2, 0) is 6.54 Å². The zero-order chi connectivity index (χ0) is 9.97. The Balaban J connectivity index is 2.21. The van der Waals surface area contributed by atoms with Crippen molar-refractivity contribution in [3.05, 3.63) is 36.0 Å². The van der Waals surface area contributed by atoms with Gasteiger partial charge in [-0.2, -0.15) is 0 Å². The lowest BCUT2D eigenvalue weighted by Gasteiger charge is -2.05. The Morgan fingerprint density at radius 1 is 1.64 bits per heavy atom. The molecule has 1 atom stereocenters. The smallest absolute Gasteiger partial charge is 0.125 e. The van der Waals surface area contributed by atoms with Crippen molar-refractivity contribution in [1.82, 2.24) is 15.0 Å². The van der Waals surface area contributed by atoms with Crippen molar-refractivity contribution in [2.24, 2.45) is 0 Å². The summed E-state index contributed by atoms with van der Waals surface area (Å²) in [6.45, 7) is 2.17. The van der Waals surface area contributed by atoms with Crippen molar-refractivity contribution in [2.75, 3.05) is 0 Å². The summed E-state index contributed by atoms with van der Waals surface area (Å²) in [6.07, 6.45) is 2.59. The normalized spacial score (nSPS) is 13.0. The van der Waals surface area contributed by atoms with Gasteiger partial charge in [0.15, 0.2) is 0 Å². The minimum atomic E-state index is -0.569. The van der Waals surface area contributed by atoms with Gasteiger partial charge in [-0.15, -0.1) is 5.10 Å². The molecular weight excluding hydrogens is 182 g/mol. The molecule has 0 radical (unpaired) electrons. The van der Waals surface area contributed by atoms with Crippen LogP contribution >= 0.6 is 0 Å². The van der Waals surface area contributed by atoms with Crippen molar-refractivity contribution >= 4 is 0 Å². The standard InChI is InChI=1S/C9H11N3O2/c1-7(13)9-5-10-11-12(9)6-8-3-2-4-14-8/h2-5,7,13H,6H2,1H3/t7-/m1/s1. The first-order valence-electron chi connectivity index (χ1n) is 4.36. The molecule has 0 saturated heterocycles. The largest absolute Gasteiger partial charge is 0.467 e. The van der Waals surface area contributed by atoms with Crippen molar-refractivity contribution < 1.29 is 9.52 Å². The van der Waals surface area contributed by atoms with Crippen molar-refractivity contribution in [3.63, 3.8) is 0 Å². The van der Waals surface area contributed by atoms with Crippen LogP contribution in [-0.4, -0.2) is 20.1 Å². The van der Waals surface area contributed by atoms with E-state index in [0.29, 0.717) is 12.2 Å². The summed E-state index contributed by atoms with van der Waals surface area (Å²) in [7, 11) is 0. The van der Waals surface area contributed by atoms with E-state index in [2.05, 4.69) is 10.3 Å². The van der Waals surface area contributed by atoms with E-state index in [1.165, 1.54) is 0 Å². The maximum Gasteiger partial charge on any atom is 0.125 e. The highest BCUT2D eigenvalue weighted by atomic mass is 16.3. The summed E-state index contributed by atoms with van der Waals surface area (Å²) in [6, 6.07) is 3.67. The molecule has 1 N–H and O–H groups in total. The topological polar surface area (TPSA) is 64.1 Å². The second-order valence-electron chi connectivity index (χ2n) is 3.07. The number of rotatable bonds is 3. The third kappa shape index (κ3) is 1.67. The van der Waals surface area contributed by atoms with Gasteiger partial charge in [-0.3, -0.25) is 0 Å². The van der Waals surface area contributed by atoms with Crippen LogP contribution in [0.3, 0.4) is 0 Å². The molecule has 0 bridgehead atoms. The van der Waals surface area contributed by atoms with Crippen molar-refractivity contribution in [3.8, 4) is 0 Å². The molecule has 2 aromatic heterocycles. The zero-order valence-corrected chi connectivity index (χ0v) is 7.79. The van der Waals surface area contributed by atoms with Gasteiger partial charge in [0.05, 0.1) is 24.3 Å². The average molecular weight is 193 g/mol. The predicted octanol–water partition coefficient (Wildman–Crippen LogP) is 0.973. The first kappa shape index (κ1) is 8.96. The number of aliphatic hydroxyl groups is 1. The summed E-state index contributed by atoms with van der Waals surface area (Å²) >= 11 is 0. The highest BCUT2D eigenvalue weighted by Crippen LogP contribution is 2.11. The number of nitrogens with zero attached hydrogens (tertiary/aromatic N) is 3. The molecule has 74 valence electrons. The second kappa shape index (κ2) is 3.63. The van der Waals surface area contributed by atoms with Gasteiger partial charge in [-0.1, -0.05) is 5.21 Å². The number of hydrogen-bond donors (Lipinski definition) is 1. The van der Waals surface area contributed by atoms with Gasteiger partial charge < -0.3 is 9.52 Å². The van der Waals surface area contributed by atoms with Crippen LogP contribution in [0.25, 0.3) is 0 Å². The monoisotopic (exact) mass is 193 g/mol. The first-order chi connectivity index (χ1) is 6.77. The molecule has 2 aromatic rings. The van der Waals surface area contributed by atoms with E-state index >= 15 is 0 Å². The molecule has 5 heteroatoms. The maximum atomic E-state index is 9.39. The van der Waals surface area contributed by atoms with E-state index in [1.54, 1.807) is 24.1 Å². The van der Waals surface area contributed by atoms with Crippen molar-refractivity contribution in [2.45, 2.75) is 19.6 Å². The second-order valence-corrected chi connectivity index (χ2v) is 3.07. The summed E-state index contributed by atoms with van der Waals surface area (Å²) in [4.78, 5) is 0. The molecule has 0 spiro atoms. The van der Waals surface area contributed by atoms with Crippen LogP contribution in [0, 0.1) is 0 Å². The summed E-state index contributed by atoms with van der Waals surface area (Å²) in [5, 5.41) is 17.0. The highest BCUT2D eigenvalue weighted by Gasteiger charge is 2.10. The lowest BCUT2D eigenvalue weighted by Crippen LogP contribution is -2.07. The van der Waals surface area contributed by atoms with E-state index in [-0.39, 0.29) is 0 Å². The zero-order valence-electron chi connectivity index (χ0n) is 7.79. The van der Waals surface area contributed by atoms with Crippen LogP contribution in [0.2, 0.25) is 0 Å². The van der Waals surface area contributed by atoms with Gasteiger partial charge in [0.2, 0.25) is 0 Å². The van der Waals surface area contributed by atoms with Crippen molar-refractivity contribution in [1.29, 1.82) is 0 Å². The van der Waals surface area contributed by atoms with Gasteiger partial charge in [-0.05, 0) is 19.1 Å². The molecule has 14 heavy (non-hydrogen) atoms. The molecule has 0 aliphatic rings. The molecule has 0 aromatic carbocycles. The number of aromatic nitrogens is 3. The predicted molar refractivity (Wildman–Crippen MR) is 48.5 cm³/mol. The third-order valence-electron chi connectivity index (χ3n) is 1.96. The van der Waals surface area contributed by atoms with E-state index in [0.717, 1.165) is 5.76 Å². The minimum Gasteiger partial charge on any atom is -0.467 e. The molecule has 2 heterocycles. The van der Waals surface area contributed by atoms with Gasteiger partial charge in [0, 0.05) is 0 Å². The lowest BCUT2D eigenvalue weighted by molar-refractivity contribution is 0.187. The lowest BCUT2D eigenvalue weighted by atomic mass is 10.3. The number of furan rings is 1. The molecule has 0 amide bonds. The van der Waals surface area contributed by atoms with Gasteiger partial charge in [0.1, 0.15) is 12.3 Å². The van der Waals surface area contributed by atoms with Crippen LogP contribution in [0.5, 0.6) is 0 Å². The van der Waals surface area contributed by atoms with Crippen LogP contribution in [0.1, 0.15) is 24.5 Å². The third-order valence-corrected chi connectivity index (χ3v) is 1.96. The fourth-order valence-corrected chi connectivity index (χ4v) is 1.26.